The number of benzene rings is 2. The van der Waals surface area contributed by atoms with Crippen LogP contribution in [0.3, 0.4) is 0 Å². The molecule has 0 aliphatic carbocycles. The summed E-state index contributed by atoms with van der Waals surface area (Å²) in [7, 11) is 1.61. The molecule has 1 N–H and O–H groups in total. The second-order valence-electron chi connectivity index (χ2n) is 6.98. The van der Waals surface area contributed by atoms with Gasteiger partial charge in [0.25, 0.3) is 0 Å². The lowest BCUT2D eigenvalue weighted by Crippen LogP contribution is -2.15. The maximum absolute atomic E-state index is 12.7. The highest BCUT2D eigenvalue weighted by Crippen LogP contribution is 2.29. The minimum atomic E-state index is -0.175. The van der Waals surface area contributed by atoms with Crippen LogP contribution in [0.4, 0.5) is 5.69 Å². The van der Waals surface area contributed by atoms with Crippen LogP contribution in [0, 0.1) is 11.3 Å². The summed E-state index contributed by atoms with van der Waals surface area (Å²) >= 11 is 2.67. The number of anilines is 1. The number of nitriles is 1. The van der Waals surface area contributed by atoms with Crippen molar-refractivity contribution in [1.82, 2.24) is 14.8 Å². The van der Waals surface area contributed by atoms with Crippen LogP contribution >= 0.6 is 23.5 Å². The van der Waals surface area contributed by atoms with Gasteiger partial charge in [-0.05, 0) is 36.4 Å². The number of amides is 1. The summed E-state index contributed by atoms with van der Waals surface area (Å²) in [5, 5.41) is 21.1. The topological polar surface area (TPSA) is 106 Å². The number of furan rings is 1. The highest BCUT2D eigenvalue weighted by atomic mass is 32.2. The Balaban J connectivity index is 1.52. The van der Waals surface area contributed by atoms with Crippen LogP contribution in [-0.2, 0) is 11.3 Å². The van der Waals surface area contributed by atoms with Gasteiger partial charge in [-0.1, -0.05) is 36.0 Å². The van der Waals surface area contributed by atoms with E-state index in [2.05, 4.69) is 21.6 Å². The second-order valence-corrected chi connectivity index (χ2v) is 8.94. The lowest BCUT2D eigenvalue weighted by atomic mass is 10.2. The molecule has 172 valence electrons. The van der Waals surface area contributed by atoms with Crippen molar-refractivity contribution in [1.29, 1.82) is 5.26 Å². The summed E-state index contributed by atoms with van der Waals surface area (Å²) in [5.41, 5.74) is 1.53. The standard InChI is InChI=1S/C24H21N5O3S2/c1-31-18-7-4-6-17(14-18)23-27-28-24(29(23)15-19-8-5-12-32-19)34-16-22(30)26-20-9-2-3-10-21(20)33-13-11-25/h2-10,12,14H,13,15-16H2,1H3,(H,26,30). The molecule has 0 saturated carbocycles. The molecular weight excluding hydrogens is 470 g/mol. The van der Waals surface area contributed by atoms with E-state index >= 15 is 0 Å². The normalized spacial score (nSPS) is 10.6. The fraction of sp³-hybridized carbons (Fsp3) is 0.167. The molecule has 0 bridgehead atoms. The first-order chi connectivity index (χ1) is 16.7. The molecule has 4 aromatic rings. The van der Waals surface area contributed by atoms with Gasteiger partial charge in [0.1, 0.15) is 11.5 Å². The maximum Gasteiger partial charge on any atom is 0.234 e. The molecular formula is C24H21N5O3S2. The summed E-state index contributed by atoms with van der Waals surface area (Å²) < 4.78 is 12.8. The first-order valence-electron chi connectivity index (χ1n) is 10.3. The maximum atomic E-state index is 12.7. The monoisotopic (exact) mass is 491 g/mol. The van der Waals surface area contributed by atoms with Gasteiger partial charge >= 0.3 is 0 Å². The Morgan fingerprint density at radius 1 is 1.15 bits per heavy atom. The summed E-state index contributed by atoms with van der Waals surface area (Å²) in [4.78, 5) is 13.6. The number of methoxy groups -OCH3 is 1. The lowest BCUT2D eigenvalue weighted by Gasteiger charge is -2.11. The van der Waals surface area contributed by atoms with Gasteiger partial charge in [-0.3, -0.25) is 9.36 Å². The minimum absolute atomic E-state index is 0.144. The van der Waals surface area contributed by atoms with Gasteiger partial charge in [-0.15, -0.1) is 22.0 Å². The van der Waals surface area contributed by atoms with Crippen LogP contribution in [0.15, 0.2) is 81.4 Å². The van der Waals surface area contributed by atoms with Crippen molar-refractivity contribution in [2.24, 2.45) is 0 Å². The number of nitrogens with one attached hydrogen (secondary N) is 1. The molecule has 0 atom stereocenters. The first kappa shape index (κ1) is 23.5. The summed E-state index contributed by atoms with van der Waals surface area (Å²) in [6.07, 6.45) is 1.62. The zero-order valence-electron chi connectivity index (χ0n) is 18.3. The van der Waals surface area contributed by atoms with E-state index in [1.165, 1.54) is 23.5 Å². The molecule has 0 fully saturated rings. The highest BCUT2D eigenvalue weighted by Gasteiger charge is 2.18. The Hall–Kier alpha value is -3.68. The third-order valence-corrected chi connectivity index (χ3v) is 6.63. The van der Waals surface area contributed by atoms with E-state index in [1.807, 2.05) is 65.2 Å². The zero-order valence-corrected chi connectivity index (χ0v) is 19.9. The smallest absolute Gasteiger partial charge is 0.234 e. The number of hydrogen-bond donors (Lipinski definition) is 1. The number of aromatic nitrogens is 3. The molecule has 2 aromatic heterocycles. The number of carbonyl (C=O) groups excluding carboxylic acids is 1. The summed E-state index contributed by atoms with van der Waals surface area (Å²) in [5.74, 6) is 2.39. The van der Waals surface area contributed by atoms with Gasteiger partial charge in [0.2, 0.25) is 5.91 Å². The van der Waals surface area contributed by atoms with Crippen molar-refractivity contribution < 1.29 is 13.9 Å². The Kier molecular flexibility index (Phi) is 7.91. The van der Waals surface area contributed by atoms with Crippen molar-refractivity contribution in [3.8, 4) is 23.2 Å². The second kappa shape index (κ2) is 11.4. The molecule has 2 aromatic carbocycles. The summed E-state index contributed by atoms with van der Waals surface area (Å²) in [6, 6.07) is 20.8. The predicted octanol–water partition coefficient (Wildman–Crippen LogP) is 4.94. The summed E-state index contributed by atoms with van der Waals surface area (Å²) in [6.45, 7) is 0.421. The molecule has 0 unspecified atom stereocenters. The van der Waals surface area contributed by atoms with Crippen molar-refractivity contribution in [2.45, 2.75) is 16.6 Å². The first-order valence-corrected chi connectivity index (χ1v) is 12.3. The SMILES string of the molecule is COc1cccc(-c2nnc(SCC(=O)Nc3ccccc3SCC#N)n2Cc2ccco2)c1. The Morgan fingerprint density at radius 2 is 2.03 bits per heavy atom. The van der Waals surface area contributed by atoms with E-state index in [0.29, 0.717) is 34.7 Å². The average Bonchev–Trinajstić information content (AvgIpc) is 3.52. The molecule has 0 saturated heterocycles. The lowest BCUT2D eigenvalue weighted by molar-refractivity contribution is -0.113. The van der Waals surface area contributed by atoms with E-state index in [1.54, 1.807) is 13.4 Å². The van der Waals surface area contributed by atoms with Crippen molar-refractivity contribution in [3.05, 3.63) is 72.7 Å². The minimum Gasteiger partial charge on any atom is -0.497 e. The van der Waals surface area contributed by atoms with Crippen LogP contribution < -0.4 is 10.1 Å². The number of nitrogens with zero attached hydrogens (tertiary/aromatic N) is 4. The van der Waals surface area contributed by atoms with Crippen molar-refractivity contribution in [2.75, 3.05) is 23.9 Å². The van der Waals surface area contributed by atoms with E-state index in [0.717, 1.165) is 16.2 Å². The van der Waals surface area contributed by atoms with Crippen LogP contribution in [0.5, 0.6) is 5.75 Å². The van der Waals surface area contributed by atoms with Gasteiger partial charge in [0.05, 0.1) is 43.2 Å². The Bertz CT molecular complexity index is 1300. The Morgan fingerprint density at radius 3 is 2.82 bits per heavy atom. The van der Waals surface area contributed by atoms with Crippen LogP contribution in [0.2, 0.25) is 0 Å². The van der Waals surface area contributed by atoms with Gasteiger partial charge in [-0.2, -0.15) is 5.26 Å². The molecule has 4 rings (SSSR count). The molecule has 0 aliphatic rings. The number of thioether (sulfide) groups is 2. The fourth-order valence-corrected chi connectivity index (χ4v) is 4.60. The van der Waals surface area contributed by atoms with Crippen LogP contribution in [-0.4, -0.2) is 39.3 Å². The fourth-order valence-electron chi connectivity index (χ4n) is 3.19. The van der Waals surface area contributed by atoms with E-state index in [9.17, 15) is 4.79 Å². The number of rotatable bonds is 10. The molecule has 0 spiro atoms. The molecule has 0 radical (unpaired) electrons. The molecule has 1 amide bonds. The van der Waals surface area contributed by atoms with Gasteiger partial charge in [0, 0.05) is 10.5 Å². The number of ether oxygens (including phenoxy) is 1. The predicted molar refractivity (Wildman–Crippen MR) is 132 cm³/mol. The third-order valence-electron chi connectivity index (χ3n) is 4.72. The van der Waals surface area contributed by atoms with Gasteiger partial charge < -0.3 is 14.5 Å². The Labute approximate surface area is 205 Å². The highest BCUT2D eigenvalue weighted by molar-refractivity contribution is 8.00. The van der Waals surface area contributed by atoms with Crippen molar-refractivity contribution in [3.63, 3.8) is 0 Å². The van der Waals surface area contributed by atoms with Gasteiger partial charge in [0.15, 0.2) is 11.0 Å². The van der Waals surface area contributed by atoms with Gasteiger partial charge in [-0.25, -0.2) is 0 Å². The molecule has 0 aliphatic heterocycles. The van der Waals surface area contributed by atoms with Crippen LogP contribution in [0.1, 0.15) is 5.76 Å². The number of carbonyl (C=O) groups is 1. The molecule has 10 heteroatoms. The average molecular weight is 492 g/mol. The third kappa shape index (κ3) is 5.81. The zero-order chi connectivity index (χ0) is 23.8. The van der Waals surface area contributed by atoms with E-state index in [4.69, 9.17) is 14.4 Å². The number of hydrogen-bond acceptors (Lipinski definition) is 8. The quantitative estimate of drug-likeness (QED) is 0.311. The van der Waals surface area contributed by atoms with E-state index < -0.39 is 0 Å². The molecule has 2 heterocycles. The van der Waals surface area contributed by atoms with Crippen molar-refractivity contribution >= 4 is 35.1 Å². The largest absolute Gasteiger partial charge is 0.497 e. The van der Waals surface area contributed by atoms with Crippen LogP contribution in [0.25, 0.3) is 11.4 Å². The molecule has 34 heavy (non-hydrogen) atoms. The molecule has 8 nitrogen and oxygen atoms in total. The van der Waals surface area contributed by atoms with E-state index in [-0.39, 0.29) is 11.7 Å². The number of para-hydroxylation sites is 1.